The minimum atomic E-state index is -0.803. The molecule has 118 valence electrons. The van der Waals surface area contributed by atoms with Gasteiger partial charge in [-0.25, -0.2) is 0 Å². The van der Waals surface area contributed by atoms with Gasteiger partial charge in [-0.1, -0.05) is 60.9 Å². The highest BCUT2D eigenvalue weighted by Gasteiger charge is 2.18. The van der Waals surface area contributed by atoms with Gasteiger partial charge in [-0.3, -0.25) is 0 Å². The number of benzene rings is 1. The second-order valence-electron chi connectivity index (χ2n) is 6.44. The Morgan fingerprint density at radius 1 is 1.19 bits per heavy atom. The summed E-state index contributed by atoms with van der Waals surface area (Å²) in [5, 5.41) is 10.2. The molecule has 0 radical (unpaired) electrons. The number of hydrogen-bond acceptors (Lipinski definition) is 2. The molecule has 1 aromatic rings. The van der Waals surface area contributed by atoms with Crippen LogP contribution < -0.4 is 6.15 Å². The fraction of sp³-hybridized carbons (Fsp3) is 0.474. The van der Waals surface area contributed by atoms with E-state index >= 15 is 0 Å². The molecule has 2 nitrogen and oxygen atoms in total. The number of allylic oxidation sites excluding steroid dienone is 3. The molecule has 0 aliphatic heterocycles. The molecule has 1 aliphatic rings. The molecular formula is C19H31NO. The van der Waals surface area contributed by atoms with Gasteiger partial charge in [-0.2, -0.15) is 0 Å². The first kappa shape index (κ1) is 17.7. The zero-order valence-corrected chi connectivity index (χ0v) is 13.6. The predicted molar refractivity (Wildman–Crippen MR) is 93.7 cm³/mol. The molecule has 0 bridgehead atoms. The molecule has 1 fully saturated rings. The van der Waals surface area contributed by atoms with E-state index in [1.54, 1.807) is 0 Å². The summed E-state index contributed by atoms with van der Waals surface area (Å²) in [7, 11) is 0. The third-order valence-corrected chi connectivity index (χ3v) is 4.04. The van der Waals surface area contributed by atoms with Crippen molar-refractivity contribution in [2.45, 2.75) is 52.1 Å². The van der Waals surface area contributed by atoms with E-state index in [0.29, 0.717) is 0 Å². The van der Waals surface area contributed by atoms with Crippen molar-refractivity contribution in [2.75, 3.05) is 0 Å². The van der Waals surface area contributed by atoms with Gasteiger partial charge in [0.2, 0.25) is 0 Å². The van der Waals surface area contributed by atoms with Gasteiger partial charge in [0.05, 0.1) is 5.60 Å². The molecule has 2 rings (SSSR count). The highest BCUT2D eigenvalue weighted by molar-refractivity contribution is 5.57. The van der Waals surface area contributed by atoms with E-state index in [-0.39, 0.29) is 7.58 Å². The van der Waals surface area contributed by atoms with Crippen molar-refractivity contribution in [3.8, 4) is 0 Å². The van der Waals surface area contributed by atoms with Crippen LogP contribution in [0.5, 0.6) is 0 Å². The molecule has 21 heavy (non-hydrogen) atoms. The van der Waals surface area contributed by atoms with Crippen molar-refractivity contribution in [1.29, 1.82) is 0 Å². The zero-order valence-electron chi connectivity index (χ0n) is 13.6. The molecule has 1 aliphatic carbocycles. The zero-order chi connectivity index (χ0) is 14.6. The van der Waals surface area contributed by atoms with Crippen LogP contribution in [-0.2, 0) is 5.60 Å². The summed E-state index contributed by atoms with van der Waals surface area (Å²) in [4.78, 5) is 0. The highest BCUT2D eigenvalue weighted by Crippen LogP contribution is 2.27. The summed E-state index contributed by atoms with van der Waals surface area (Å²) < 4.78 is 0. The largest absolute Gasteiger partial charge is 0.386 e. The molecule has 0 saturated heterocycles. The standard InChI is InChI=1S/C19H26O.H3N.H2/c1-15-12-13-18(19(2,3)20)17(14-15)11-7-6-10-16-8-4-5-9-16;;/h6-7,10-14,16,20H,4-5,8-9H2,1-3H3;1H3;1H/b10-6+,11-7?;;. The van der Waals surface area contributed by atoms with E-state index in [2.05, 4.69) is 43.4 Å². The minimum Gasteiger partial charge on any atom is -0.386 e. The molecule has 0 unspecified atom stereocenters. The lowest BCUT2D eigenvalue weighted by Crippen LogP contribution is -2.17. The maximum Gasteiger partial charge on any atom is 0.0846 e. The van der Waals surface area contributed by atoms with E-state index in [0.717, 1.165) is 17.0 Å². The third-order valence-electron chi connectivity index (χ3n) is 4.04. The fourth-order valence-electron chi connectivity index (χ4n) is 2.91. The van der Waals surface area contributed by atoms with Crippen LogP contribution in [0.2, 0.25) is 0 Å². The monoisotopic (exact) mass is 289 g/mol. The summed E-state index contributed by atoms with van der Waals surface area (Å²) in [5.41, 5.74) is 2.50. The van der Waals surface area contributed by atoms with E-state index in [9.17, 15) is 5.11 Å². The van der Waals surface area contributed by atoms with Crippen molar-refractivity contribution >= 4 is 6.08 Å². The Morgan fingerprint density at radius 2 is 1.86 bits per heavy atom. The van der Waals surface area contributed by atoms with Gasteiger partial charge in [0, 0.05) is 1.43 Å². The van der Waals surface area contributed by atoms with Crippen LogP contribution in [0.25, 0.3) is 6.08 Å². The Hall–Kier alpha value is -1.38. The second kappa shape index (κ2) is 7.58. The average molecular weight is 289 g/mol. The van der Waals surface area contributed by atoms with Crippen molar-refractivity contribution in [3.05, 3.63) is 53.1 Å². The lowest BCUT2D eigenvalue weighted by atomic mass is 9.91. The van der Waals surface area contributed by atoms with Crippen LogP contribution >= 0.6 is 0 Å². The Bertz CT molecular complexity index is 509. The maximum absolute atomic E-state index is 10.2. The topological polar surface area (TPSA) is 55.2 Å². The van der Waals surface area contributed by atoms with Crippen LogP contribution in [0.1, 0.15) is 57.6 Å². The summed E-state index contributed by atoms with van der Waals surface area (Å²) in [6, 6.07) is 6.21. The first-order valence-electron chi connectivity index (χ1n) is 7.65. The van der Waals surface area contributed by atoms with Gasteiger partial charge >= 0.3 is 0 Å². The third kappa shape index (κ3) is 5.14. The summed E-state index contributed by atoms with van der Waals surface area (Å²) in [5.74, 6) is 0.769. The highest BCUT2D eigenvalue weighted by atomic mass is 16.3. The molecule has 0 amide bonds. The van der Waals surface area contributed by atoms with E-state index < -0.39 is 5.60 Å². The fourth-order valence-corrected chi connectivity index (χ4v) is 2.91. The summed E-state index contributed by atoms with van der Waals surface area (Å²) >= 11 is 0. The van der Waals surface area contributed by atoms with Gasteiger partial charge < -0.3 is 11.3 Å². The Labute approximate surface area is 130 Å². The van der Waals surface area contributed by atoms with E-state index in [1.807, 2.05) is 19.9 Å². The van der Waals surface area contributed by atoms with Crippen molar-refractivity contribution in [3.63, 3.8) is 0 Å². The summed E-state index contributed by atoms with van der Waals surface area (Å²) in [6.07, 6.45) is 14.1. The molecule has 0 heterocycles. The van der Waals surface area contributed by atoms with Gasteiger partial charge in [0.15, 0.2) is 0 Å². The van der Waals surface area contributed by atoms with Crippen LogP contribution in [0.15, 0.2) is 36.4 Å². The Morgan fingerprint density at radius 3 is 2.48 bits per heavy atom. The van der Waals surface area contributed by atoms with E-state index in [4.69, 9.17) is 0 Å². The molecule has 0 atom stereocenters. The number of rotatable bonds is 4. The molecule has 2 heteroatoms. The first-order chi connectivity index (χ1) is 9.47. The van der Waals surface area contributed by atoms with Crippen LogP contribution in [0.4, 0.5) is 0 Å². The summed E-state index contributed by atoms with van der Waals surface area (Å²) in [6.45, 7) is 5.76. The molecular weight excluding hydrogens is 258 g/mol. The molecule has 1 aromatic carbocycles. The smallest absolute Gasteiger partial charge is 0.0846 e. The molecule has 0 spiro atoms. The van der Waals surface area contributed by atoms with Gasteiger partial charge in [0.1, 0.15) is 0 Å². The van der Waals surface area contributed by atoms with Crippen LogP contribution in [-0.4, -0.2) is 5.11 Å². The molecule has 1 saturated carbocycles. The number of aliphatic hydroxyl groups is 1. The van der Waals surface area contributed by atoms with Crippen LogP contribution in [0.3, 0.4) is 0 Å². The number of hydrogen-bond donors (Lipinski definition) is 2. The van der Waals surface area contributed by atoms with Gasteiger partial charge in [-0.15, -0.1) is 0 Å². The van der Waals surface area contributed by atoms with Crippen LogP contribution in [0, 0.1) is 12.8 Å². The van der Waals surface area contributed by atoms with Crippen molar-refractivity contribution in [1.82, 2.24) is 6.15 Å². The Balaban J connectivity index is 0.00000220. The second-order valence-corrected chi connectivity index (χ2v) is 6.44. The molecule has 4 N–H and O–H groups in total. The lowest BCUT2D eigenvalue weighted by Gasteiger charge is -2.20. The number of aryl methyl sites for hydroxylation is 1. The lowest BCUT2D eigenvalue weighted by molar-refractivity contribution is 0.0784. The predicted octanol–water partition coefficient (Wildman–Crippen LogP) is 5.39. The van der Waals surface area contributed by atoms with Crippen molar-refractivity contribution in [2.24, 2.45) is 5.92 Å². The quantitative estimate of drug-likeness (QED) is 0.730. The minimum absolute atomic E-state index is 0. The average Bonchev–Trinajstić information content (AvgIpc) is 2.86. The Kier molecular flexibility index (Phi) is 6.38. The SMILES string of the molecule is Cc1ccc(C(C)(C)O)c(C=C/C=C/C2CCCC2)c1.N.[HH]. The van der Waals surface area contributed by atoms with Gasteiger partial charge in [-0.05, 0) is 50.7 Å². The van der Waals surface area contributed by atoms with E-state index in [1.165, 1.54) is 31.2 Å². The maximum atomic E-state index is 10.2. The van der Waals surface area contributed by atoms with Crippen molar-refractivity contribution < 1.29 is 6.53 Å². The molecule has 0 aromatic heterocycles. The normalized spacial score (nSPS) is 16.8. The first-order valence-corrected chi connectivity index (χ1v) is 7.65. The van der Waals surface area contributed by atoms with Gasteiger partial charge in [0.25, 0.3) is 0 Å².